The first-order valence-electron chi connectivity index (χ1n) is 16.2. The van der Waals surface area contributed by atoms with Crippen LogP contribution in [0, 0.1) is 0 Å². The molecule has 1 aromatic carbocycles. The zero-order chi connectivity index (χ0) is 27.4. The maximum absolute atomic E-state index is 4.74. The van der Waals surface area contributed by atoms with E-state index in [0.717, 1.165) is 35.5 Å². The average molecular weight is 528 g/mol. The van der Waals surface area contributed by atoms with E-state index in [1.165, 1.54) is 120 Å². The lowest BCUT2D eigenvalue weighted by Gasteiger charge is -2.06. The second-order valence-corrected chi connectivity index (χ2v) is 11.3. The van der Waals surface area contributed by atoms with Crippen molar-refractivity contribution in [3.8, 4) is 22.6 Å². The van der Waals surface area contributed by atoms with Gasteiger partial charge in [0.1, 0.15) is 0 Å². The summed E-state index contributed by atoms with van der Waals surface area (Å²) < 4.78 is 0. The van der Waals surface area contributed by atoms with E-state index in [1.54, 1.807) is 0 Å². The van der Waals surface area contributed by atoms with Gasteiger partial charge in [0.15, 0.2) is 5.82 Å². The lowest BCUT2D eigenvalue weighted by molar-refractivity contribution is 0.564. The van der Waals surface area contributed by atoms with E-state index in [-0.39, 0.29) is 0 Å². The fourth-order valence-electron chi connectivity index (χ4n) is 5.27. The van der Waals surface area contributed by atoms with Gasteiger partial charge in [0.2, 0.25) is 0 Å². The molecule has 2 aromatic heterocycles. The van der Waals surface area contributed by atoms with E-state index in [9.17, 15) is 0 Å². The molecule has 0 fully saturated rings. The van der Waals surface area contributed by atoms with Crippen molar-refractivity contribution in [2.24, 2.45) is 0 Å². The molecule has 2 heterocycles. The van der Waals surface area contributed by atoms with Crippen molar-refractivity contribution < 1.29 is 0 Å². The molecule has 0 bridgehead atoms. The first kappa shape index (κ1) is 31.0. The molecule has 0 aliphatic carbocycles. The summed E-state index contributed by atoms with van der Waals surface area (Å²) in [7, 11) is 0. The molecule has 0 saturated heterocycles. The second kappa shape index (κ2) is 19.5. The standard InChI is InChI=1S/C36H53N3/c1-3-5-7-9-11-13-15-17-19-21-32-29-38-36(39-30-32)34-25-23-33(24-26-34)35-27-22-31(28-37-35)20-18-16-14-12-10-8-6-4-2/h22-30H,3-21H2,1-2H3. The smallest absolute Gasteiger partial charge is 0.159 e. The molecular weight excluding hydrogens is 474 g/mol. The predicted octanol–water partition coefficient (Wildman–Crippen LogP) is 11.0. The summed E-state index contributed by atoms with van der Waals surface area (Å²) in [4.78, 5) is 14.1. The molecule has 0 unspecified atom stereocenters. The Bertz CT molecular complexity index is 993. The number of rotatable bonds is 21. The summed E-state index contributed by atoms with van der Waals surface area (Å²) in [5, 5.41) is 0. The van der Waals surface area contributed by atoms with Crippen molar-refractivity contribution in [2.75, 3.05) is 0 Å². The summed E-state index contributed by atoms with van der Waals surface area (Å²) in [6, 6.07) is 12.9. The molecule has 0 aliphatic heterocycles. The van der Waals surface area contributed by atoms with Crippen LogP contribution in [0.1, 0.15) is 134 Å². The Balaban J connectivity index is 1.35. The maximum atomic E-state index is 4.74. The van der Waals surface area contributed by atoms with Crippen molar-refractivity contribution in [1.29, 1.82) is 0 Å². The Hall–Kier alpha value is -2.55. The highest BCUT2D eigenvalue weighted by Crippen LogP contribution is 2.22. The van der Waals surface area contributed by atoms with E-state index in [1.807, 2.05) is 12.4 Å². The van der Waals surface area contributed by atoms with Gasteiger partial charge in [-0.1, -0.05) is 140 Å². The van der Waals surface area contributed by atoms with Gasteiger partial charge in [-0.05, 0) is 42.9 Å². The minimum Gasteiger partial charge on any atom is -0.256 e. The van der Waals surface area contributed by atoms with Crippen molar-refractivity contribution in [1.82, 2.24) is 15.0 Å². The van der Waals surface area contributed by atoms with Gasteiger partial charge in [0, 0.05) is 29.7 Å². The molecule has 0 saturated carbocycles. The first-order valence-corrected chi connectivity index (χ1v) is 16.2. The number of unbranched alkanes of at least 4 members (excludes halogenated alkanes) is 15. The van der Waals surface area contributed by atoms with Gasteiger partial charge in [-0.25, -0.2) is 9.97 Å². The van der Waals surface area contributed by atoms with Crippen molar-refractivity contribution in [2.45, 2.75) is 136 Å². The van der Waals surface area contributed by atoms with Gasteiger partial charge in [-0.2, -0.15) is 0 Å². The lowest BCUT2D eigenvalue weighted by atomic mass is 10.0. The zero-order valence-electron chi connectivity index (χ0n) is 25.0. The quantitative estimate of drug-likeness (QED) is 0.129. The molecule has 3 nitrogen and oxygen atoms in total. The van der Waals surface area contributed by atoms with Crippen LogP contribution in [0.2, 0.25) is 0 Å². The molecule has 3 aromatic rings. The molecule has 212 valence electrons. The summed E-state index contributed by atoms with van der Waals surface area (Å²) in [5.41, 5.74) is 5.81. The monoisotopic (exact) mass is 527 g/mol. The minimum atomic E-state index is 0.797. The fourth-order valence-corrected chi connectivity index (χ4v) is 5.27. The molecule has 0 aliphatic rings. The Morgan fingerprint density at radius 3 is 1.33 bits per heavy atom. The Labute approximate surface area is 239 Å². The number of aryl methyl sites for hydroxylation is 2. The van der Waals surface area contributed by atoms with E-state index in [0.29, 0.717) is 0 Å². The topological polar surface area (TPSA) is 38.7 Å². The van der Waals surface area contributed by atoms with Crippen LogP contribution < -0.4 is 0 Å². The molecule has 0 amide bonds. The molecule has 39 heavy (non-hydrogen) atoms. The largest absolute Gasteiger partial charge is 0.256 e. The van der Waals surface area contributed by atoms with Crippen molar-refractivity contribution in [3.63, 3.8) is 0 Å². The van der Waals surface area contributed by atoms with Crippen LogP contribution in [0.25, 0.3) is 22.6 Å². The number of hydrogen-bond acceptors (Lipinski definition) is 3. The highest BCUT2D eigenvalue weighted by atomic mass is 14.9. The van der Waals surface area contributed by atoms with Gasteiger partial charge in [0.05, 0.1) is 5.69 Å². The van der Waals surface area contributed by atoms with Gasteiger partial charge in [-0.3, -0.25) is 4.98 Å². The van der Waals surface area contributed by atoms with Gasteiger partial charge in [0.25, 0.3) is 0 Å². The highest BCUT2D eigenvalue weighted by molar-refractivity contribution is 5.65. The Kier molecular flexibility index (Phi) is 15.5. The summed E-state index contributed by atoms with van der Waals surface area (Å²) in [6.45, 7) is 4.56. The van der Waals surface area contributed by atoms with Gasteiger partial charge < -0.3 is 0 Å². The zero-order valence-corrected chi connectivity index (χ0v) is 25.0. The summed E-state index contributed by atoms with van der Waals surface area (Å²) in [6.07, 6.45) is 31.4. The molecule has 0 N–H and O–H groups in total. The Morgan fingerprint density at radius 1 is 0.410 bits per heavy atom. The number of benzene rings is 1. The van der Waals surface area contributed by atoms with Crippen LogP contribution in [-0.4, -0.2) is 15.0 Å². The van der Waals surface area contributed by atoms with Crippen LogP contribution in [0.3, 0.4) is 0 Å². The Morgan fingerprint density at radius 2 is 0.846 bits per heavy atom. The van der Waals surface area contributed by atoms with Crippen LogP contribution in [0.4, 0.5) is 0 Å². The SMILES string of the molecule is CCCCCCCCCCCc1cnc(-c2ccc(-c3ccc(CCCCCCCCCC)cn3)cc2)nc1. The fraction of sp³-hybridized carbons (Fsp3) is 0.583. The highest BCUT2D eigenvalue weighted by Gasteiger charge is 2.05. The number of aromatic nitrogens is 3. The van der Waals surface area contributed by atoms with Gasteiger partial charge in [-0.15, -0.1) is 0 Å². The molecule has 3 rings (SSSR count). The molecule has 0 atom stereocenters. The van der Waals surface area contributed by atoms with Crippen molar-refractivity contribution in [3.05, 3.63) is 66.1 Å². The molecule has 0 radical (unpaired) electrons. The second-order valence-electron chi connectivity index (χ2n) is 11.3. The van der Waals surface area contributed by atoms with Crippen molar-refractivity contribution >= 4 is 0 Å². The summed E-state index contributed by atoms with van der Waals surface area (Å²) in [5.74, 6) is 0.797. The normalized spacial score (nSPS) is 11.2. The number of hydrogen-bond donors (Lipinski definition) is 0. The van der Waals surface area contributed by atoms with E-state index >= 15 is 0 Å². The third-order valence-electron chi connectivity index (χ3n) is 7.86. The lowest BCUT2D eigenvalue weighted by Crippen LogP contribution is -1.94. The van der Waals surface area contributed by atoms with Gasteiger partial charge >= 0.3 is 0 Å². The van der Waals surface area contributed by atoms with Crippen LogP contribution in [0.15, 0.2) is 55.0 Å². The number of nitrogens with zero attached hydrogens (tertiary/aromatic N) is 3. The van der Waals surface area contributed by atoms with Crippen LogP contribution >= 0.6 is 0 Å². The van der Waals surface area contributed by atoms with E-state index in [2.05, 4.69) is 66.4 Å². The predicted molar refractivity (Wildman–Crippen MR) is 168 cm³/mol. The molecule has 0 spiro atoms. The van der Waals surface area contributed by atoms with E-state index < -0.39 is 0 Å². The molecular formula is C36H53N3. The van der Waals surface area contributed by atoms with Crippen LogP contribution in [0.5, 0.6) is 0 Å². The number of pyridine rings is 1. The summed E-state index contributed by atoms with van der Waals surface area (Å²) >= 11 is 0. The first-order chi connectivity index (χ1) is 19.3. The maximum Gasteiger partial charge on any atom is 0.159 e. The third kappa shape index (κ3) is 12.4. The van der Waals surface area contributed by atoms with Crippen LogP contribution in [-0.2, 0) is 12.8 Å². The van der Waals surface area contributed by atoms with E-state index in [4.69, 9.17) is 4.98 Å². The molecule has 3 heteroatoms. The average Bonchev–Trinajstić information content (AvgIpc) is 2.98. The third-order valence-corrected chi connectivity index (χ3v) is 7.86. The minimum absolute atomic E-state index is 0.797.